The molecule has 0 bridgehead atoms. The Bertz CT molecular complexity index is 1230. The molecule has 1 heterocycles. The molecular weight excluding hydrogens is 1040 g/mol. The molecule has 4 N–H and O–H groups in total. The predicted molar refractivity (Wildman–Crippen MR) is 356 cm³/mol. The highest BCUT2D eigenvalue weighted by atomic mass is 33.1. The third kappa shape index (κ3) is 52.7. The summed E-state index contributed by atoms with van der Waals surface area (Å²) in [5.74, 6) is 2.06. The van der Waals surface area contributed by atoms with Gasteiger partial charge >= 0.3 is 5.97 Å². The molecule has 5 atom stereocenters. The highest BCUT2D eigenvalue weighted by Crippen LogP contribution is 2.25. The van der Waals surface area contributed by atoms with Crippen LogP contribution in [0.5, 0.6) is 0 Å². The number of hydrogen-bond acceptors (Lipinski definition) is 12. The van der Waals surface area contributed by atoms with Crippen LogP contribution >= 0.6 is 21.6 Å². The summed E-state index contributed by atoms with van der Waals surface area (Å²) in [5, 5.41) is 44.4. The number of carbonyl (C=O) groups is 1. The van der Waals surface area contributed by atoms with Crippen LogP contribution in [-0.4, -0.2) is 167 Å². The van der Waals surface area contributed by atoms with Crippen LogP contribution in [-0.2, 0) is 9.53 Å². The predicted octanol–water partition coefficient (Wildman–Crippen LogP) is 17.2. The van der Waals surface area contributed by atoms with Gasteiger partial charge in [-0.1, -0.05) is 280 Å². The van der Waals surface area contributed by atoms with Gasteiger partial charge in [-0.25, -0.2) is 0 Å². The first-order chi connectivity index (χ1) is 39.6. The molecule has 1 aliphatic heterocycles. The van der Waals surface area contributed by atoms with Gasteiger partial charge in [-0.2, -0.15) is 0 Å². The summed E-state index contributed by atoms with van der Waals surface area (Å²) >= 11 is 0. The van der Waals surface area contributed by atoms with Gasteiger partial charge in [0, 0.05) is 89.4 Å². The van der Waals surface area contributed by atoms with E-state index in [0.29, 0.717) is 45.2 Å². The lowest BCUT2D eigenvalue weighted by atomic mass is 10.0. The van der Waals surface area contributed by atoms with Gasteiger partial charge in [0.1, 0.15) is 6.61 Å². The van der Waals surface area contributed by atoms with Crippen molar-refractivity contribution in [1.29, 1.82) is 0 Å². The minimum atomic E-state index is -0.376. The average Bonchev–Trinajstić information content (AvgIpc) is 3.45. The van der Waals surface area contributed by atoms with Crippen molar-refractivity contribution in [2.45, 2.75) is 348 Å². The standard InChI is InChI=1S/C69H140N4O6S2/c1-6-10-14-18-22-26-28-32-36-40-46-67(76)62-73(63-68(77)47-41-37-33-29-27-23-19-15-11-7-2)64(5)49-58-80-81-59-56-71-53-51-70(52-54-71)55-57-79-69(78)48-42-43-50-72(60-65(74)44-38-34-30-24-20-16-12-8-3)61-66(75)45-39-35-31-25-21-17-13-9-4/h64-68,74-77H,6-63H2,1-5H3. The molecule has 12 heteroatoms. The van der Waals surface area contributed by atoms with E-state index in [1.54, 1.807) is 0 Å². The molecule has 1 rings (SSSR count). The lowest BCUT2D eigenvalue weighted by molar-refractivity contribution is -0.144. The molecule has 81 heavy (non-hydrogen) atoms. The Hall–Kier alpha value is -0.150. The number of aliphatic hydroxyl groups is 4. The molecule has 5 unspecified atom stereocenters. The second-order valence-corrected chi connectivity index (χ2v) is 28.1. The van der Waals surface area contributed by atoms with Crippen molar-refractivity contribution >= 4 is 27.6 Å². The van der Waals surface area contributed by atoms with Gasteiger partial charge in [0.15, 0.2) is 0 Å². The zero-order valence-electron chi connectivity index (χ0n) is 54.6. The lowest BCUT2D eigenvalue weighted by Crippen LogP contribution is -2.47. The van der Waals surface area contributed by atoms with E-state index in [-0.39, 0.29) is 30.4 Å². The second-order valence-electron chi connectivity index (χ2n) is 25.4. The number of ether oxygens (including phenoxy) is 1. The molecule has 10 nitrogen and oxygen atoms in total. The minimum absolute atomic E-state index is 0.115. The van der Waals surface area contributed by atoms with Crippen LogP contribution in [0.1, 0.15) is 317 Å². The van der Waals surface area contributed by atoms with Crippen molar-refractivity contribution in [2.75, 3.05) is 90.1 Å². The Morgan fingerprint density at radius 2 is 0.728 bits per heavy atom. The van der Waals surface area contributed by atoms with Gasteiger partial charge in [-0.05, 0) is 58.4 Å². The topological polar surface area (TPSA) is 120 Å². The monoisotopic (exact) mass is 1190 g/mol. The summed E-state index contributed by atoms with van der Waals surface area (Å²) in [6.07, 6.45) is 51.4. The first kappa shape index (κ1) is 78.9. The van der Waals surface area contributed by atoms with Crippen molar-refractivity contribution in [1.82, 2.24) is 19.6 Å². The van der Waals surface area contributed by atoms with Crippen LogP contribution in [0.2, 0.25) is 0 Å². The van der Waals surface area contributed by atoms with Crippen LogP contribution in [0.25, 0.3) is 0 Å². The number of esters is 1. The van der Waals surface area contributed by atoms with E-state index in [1.807, 2.05) is 21.6 Å². The molecule has 1 aliphatic rings. The molecule has 0 amide bonds. The first-order valence-corrected chi connectivity index (χ1v) is 38.1. The fourth-order valence-electron chi connectivity index (χ4n) is 11.8. The quantitative estimate of drug-likeness (QED) is 0.0264. The second kappa shape index (κ2) is 60.1. The van der Waals surface area contributed by atoms with Crippen LogP contribution in [0, 0.1) is 0 Å². The molecule has 484 valence electrons. The minimum Gasteiger partial charge on any atom is -0.464 e. The van der Waals surface area contributed by atoms with Crippen LogP contribution in [0.15, 0.2) is 0 Å². The number of unbranched alkanes of at least 4 members (excludes halogenated alkanes) is 33. The highest BCUT2D eigenvalue weighted by molar-refractivity contribution is 8.76. The Labute approximate surface area is 512 Å². The Morgan fingerprint density at radius 1 is 0.407 bits per heavy atom. The van der Waals surface area contributed by atoms with Gasteiger partial charge in [0.25, 0.3) is 0 Å². The fraction of sp³-hybridized carbons (Fsp3) is 0.986. The average molecular weight is 1190 g/mol. The van der Waals surface area contributed by atoms with Crippen molar-refractivity contribution in [2.24, 2.45) is 0 Å². The summed E-state index contributed by atoms with van der Waals surface area (Å²) in [5.41, 5.74) is 0. The molecule has 0 aliphatic carbocycles. The number of hydrogen-bond donors (Lipinski definition) is 4. The van der Waals surface area contributed by atoms with E-state index in [0.717, 1.165) is 128 Å². The van der Waals surface area contributed by atoms with Gasteiger partial charge in [0.05, 0.1) is 24.4 Å². The maximum Gasteiger partial charge on any atom is 0.305 e. The SMILES string of the molecule is CCCCCCCCCCCCC(O)CN(CC(O)CCCCCCCCCCCC)C(C)CCSSCCN1CCN(CCOC(=O)CCCCN(CC(O)CCCCCCCCCC)CC(O)CCCCCCCCCC)CC1. The van der Waals surface area contributed by atoms with Gasteiger partial charge in [-0.3, -0.25) is 24.4 Å². The van der Waals surface area contributed by atoms with E-state index in [9.17, 15) is 25.2 Å². The fourth-order valence-corrected chi connectivity index (χ4v) is 14.1. The molecule has 0 spiro atoms. The zero-order chi connectivity index (χ0) is 58.9. The van der Waals surface area contributed by atoms with E-state index in [1.165, 1.54) is 205 Å². The van der Waals surface area contributed by atoms with Gasteiger partial charge in [0.2, 0.25) is 0 Å². The molecule has 0 saturated carbocycles. The van der Waals surface area contributed by atoms with Crippen LogP contribution < -0.4 is 0 Å². The largest absolute Gasteiger partial charge is 0.464 e. The Morgan fingerprint density at radius 3 is 1.10 bits per heavy atom. The first-order valence-electron chi connectivity index (χ1n) is 35.6. The normalized spacial score (nSPS) is 15.5. The van der Waals surface area contributed by atoms with Crippen molar-refractivity contribution in [3.63, 3.8) is 0 Å². The number of aliphatic hydroxyl groups excluding tert-OH is 4. The summed E-state index contributed by atoms with van der Waals surface area (Å²) in [6.45, 7) is 21.1. The molecule has 0 aromatic rings. The third-order valence-corrected chi connectivity index (χ3v) is 19.9. The van der Waals surface area contributed by atoms with E-state index < -0.39 is 0 Å². The Balaban J connectivity index is 2.40. The number of carbonyl (C=O) groups excluding carboxylic acids is 1. The molecule has 0 radical (unpaired) electrons. The lowest BCUT2D eigenvalue weighted by Gasteiger charge is -2.34. The molecular formula is C69H140N4O6S2. The summed E-state index contributed by atoms with van der Waals surface area (Å²) in [4.78, 5) is 22.5. The maximum absolute atomic E-state index is 12.8. The van der Waals surface area contributed by atoms with Crippen molar-refractivity contribution in [3.05, 3.63) is 0 Å². The Kier molecular flexibility index (Phi) is 58.6. The molecule has 1 fully saturated rings. The highest BCUT2D eigenvalue weighted by Gasteiger charge is 2.22. The third-order valence-electron chi connectivity index (χ3n) is 17.4. The number of piperazine rings is 1. The number of nitrogens with zero attached hydrogens (tertiary/aromatic N) is 4. The maximum atomic E-state index is 12.8. The summed E-state index contributed by atoms with van der Waals surface area (Å²) in [7, 11) is 3.96. The summed E-state index contributed by atoms with van der Waals surface area (Å²) in [6, 6.07) is 0.325. The molecule has 1 saturated heterocycles. The zero-order valence-corrected chi connectivity index (χ0v) is 56.2. The molecule has 0 aromatic carbocycles. The van der Waals surface area contributed by atoms with Crippen molar-refractivity contribution in [3.8, 4) is 0 Å². The summed E-state index contributed by atoms with van der Waals surface area (Å²) < 4.78 is 5.72. The van der Waals surface area contributed by atoms with E-state index in [2.05, 4.69) is 54.2 Å². The van der Waals surface area contributed by atoms with Crippen LogP contribution in [0.4, 0.5) is 0 Å². The van der Waals surface area contributed by atoms with E-state index in [4.69, 9.17) is 4.74 Å². The van der Waals surface area contributed by atoms with Gasteiger partial charge in [-0.15, -0.1) is 0 Å². The number of rotatable bonds is 64. The van der Waals surface area contributed by atoms with Crippen LogP contribution in [0.3, 0.4) is 0 Å². The van der Waals surface area contributed by atoms with Crippen molar-refractivity contribution < 1.29 is 30.0 Å². The molecule has 0 aromatic heterocycles. The van der Waals surface area contributed by atoms with E-state index >= 15 is 0 Å². The smallest absolute Gasteiger partial charge is 0.305 e. The van der Waals surface area contributed by atoms with Gasteiger partial charge < -0.3 is 25.2 Å².